The first-order valence-electron chi connectivity index (χ1n) is 8.93. The molecule has 6 nitrogen and oxygen atoms in total. The summed E-state index contributed by atoms with van der Waals surface area (Å²) in [6, 6.07) is 23.1. The van der Waals surface area contributed by atoms with E-state index in [0.29, 0.717) is 6.54 Å². The van der Waals surface area contributed by atoms with E-state index in [1.807, 2.05) is 60.7 Å². The minimum Gasteiger partial charge on any atom is -0.497 e. The molecule has 0 saturated carbocycles. The molecule has 2 unspecified atom stereocenters. The van der Waals surface area contributed by atoms with E-state index in [1.165, 1.54) is 6.07 Å². The lowest BCUT2D eigenvalue weighted by Crippen LogP contribution is -2.27. The average Bonchev–Trinajstić information content (AvgIpc) is 2.75. The van der Waals surface area contributed by atoms with Gasteiger partial charge in [0.25, 0.3) is 5.69 Å². The van der Waals surface area contributed by atoms with Crippen molar-refractivity contribution in [2.24, 2.45) is 0 Å². The maximum Gasteiger partial charge on any atom is 0.269 e. The summed E-state index contributed by atoms with van der Waals surface area (Å²) in [7, 11) is 1.60. The maximum absolute atomic E-state index is 11.2. The zero-order chi connectivity index (χ0) is 19.9. The summed E-state index contributed by atoms with van der Waals surface area (Å²) in [5.74, 6) is 0.728. The summed E-state index contributed by atoms with van der Waals surface area (Å²) >= 11 is 0. The second-order valence-electron chi connectivity index (χ2n) is 6.39. The lowest BCUT2D eigenvalue weighted by atomic mass is 9.97. The first kappa shape index (κ1) is 19.5. The molecule has 6 heteroatoms. The van der Waals surface area contributed by atoms with Gasteiger partial charge in [-0.15, -0.1) is 0 Å². The number of nitro benzene ring substituents is 1. The van der Waals surface area contributed by atoms with Crippen molar-refractivity contribution in [2.45, 2.75) is 12.1 Å². The van der Waals surface area contributed by atoms with Gasteiger partial charge in [-0.25, -0.2) is 0 Å². The van der Waals surface area contributed by atoms with E-state index < -0.39 is 11.0 Å². The third-order valence-corrected chi connectivity index (χ3v) is 4.56. The number of nitrogens with one attached hydrogen (secondary N) is 1. The van der Waals surface area contributed by atoms with Gasteiger partial charge in [0, 0.05) is 18.7 Å². The number of nitrogens with zero attached hydrogens (tertiary/aromatic N) is 1. The first-order chi connectivity index (χ1) is 13.6. The Kier molecular flexibility index (Phi) is 6.37. The fourth-order valence-corrected chi connectivity index (χ4v) is 3.06. The van der Waals surface area contributed by atoms with Gasteiger partial charge in [0.15, 0.2) is 0 Å². The lowest BCUT2D eigenvalue weighted by Gasteiger charge is -2.22. The number of rotatable bonds is 8. The van der Waals surface area contributed by atoms with Crippen LogP contribution < -0.4 is 10.1 Å². The van der Waals surface area contributed by atoms with Gasteiger partial charge in [0.1, 0.15) is 5.75 Å². The van der Waals surface area contributed by atoms with Crippen LogP contribution in [-0.4, -0.2) is 23.7 Å². The molecule has 2 N–H and O–H groups in total. The second-order valence-corrected chi connectivity index (χ2v) is 6.39. The topological polar surface area (TPSA) is 84.6 Å². The summed E-state index contributed by atoms with van der Waals surface area (Å²) in [4.78, 5) is 10.8. The molecule has 0 saturated heterocycles. The van der Waals surface area contributed by atoms with Crippen molar-refractivity contribution in [1.29, 1.82) is 0 Å². The summed E-state index contributed by atoms with van der Waals surface area (Å²) in [5, 5.41) is 25.0. The highest BCUT2D eigenvalue weighted by atomic mass is 16.6. The molecule has 3 rings (SSSR count). The quantitative estimate of drug-likeness (QED) is 0.457. The second kappa shape index (κ2) is 9.12. The van der Waals surface area contributed by atoms with E-state index in [4.69, 9.17) is 4.74 Å². The summed E-state index contributed by atoms with van der Waals surface area (Å²) in [5.41, 5.74) is 2.50. The van der Waals surface area contributed by atoms with Crippen LogP contribution in [0.15, 0.2) is 78.9 Å². The van der Waals surface area contributed by atoms with E-state index in [0.717, 1.165) is 22.4 Å². The van der Waals surface area contributed by atoms with Gasteiger partial charge in [-0.1, -0.05) is 54.6 Å². The zero-order valence-corrected chi connectivity index (χ0v) is 15.5. The number of hydrogen-bond donors (Lipinski definition) is 2. The Hall–Kier alpha value is -3.22. The van der Waals surface area contributed by atoms with Gasteiger partial charge in [-0.3, -0.25) is 10.1 Å². The fourth-order valence-electron chi connectivity index (χ4n) is 3.06. The van der Waals surface area contributed by atoms with Gasteiger partial charge in [-0.2, -0.15) is 0 Å². The van der Waals surface area contributed by atoms with E-state index in [2.05, 4.69) is 5.32 Å². The van der Waals surface area contributed by atoms with Crippen LogP contribution >= 0.6 is 0 Å². The number of benzene rings is 3. The average molecular weight is 378 g/mol. The molecule has 0 bridgehead atoms. The molecule has 0 aliphatic heterocycles. The van der Waals surface area contributed by atoms with Crippen LogP contribution in [0.2, 0.25) is 0 Å². The standard InChI is InChI=1S/C22H22N2O4/c1-28-20-12-10-17(11-13-20)22(18-8-5-9-19(14-18)24(26)27)23-15-21(25)16-6-3-2-4-7-16/h2-14,21-23,25H,15H2,1H3. The van der Waals surface area contributed by atoms with Gasteiger partial charge in [0.05, 0.1) is 24.2 Å². The van der Waals surface area contributed by atoms with E-state index in [1.54, 1.807) is 19.2 Å². The molecule has 0 spiro atoms. The highest BCUT2D eigenvalue weighted by Gasteiger charge is 2.18. The lowest BCUT2D eigenvalue weighted by molar-refractivity contribution is -0.384. The molecule has 28 heavy (non-hydrogen) atoms. The van der Waals surface area contributed by atoms with Crippen LogP contribution in [0.1, 0.15) is 28.8 Å². The van der Waals surface area contributed by atoms with Crippen LogP contribution in [0.4, 0.5) is 5.69 Å². The van der Waals surface area contributed by atoms with Crippen molar-refractivity contribution in [3.63, 3.8) is 0 Å². The number of hydrogen-bond acceptors (Lipinski definition) is 5. The predicted molar refractivity (Wildman–Crippen MR) is 107 cm³/mol. The van der Waals surface area contributed by atoms with Gasteiger partial charge >= 0.3 is 0 Å². The largest absolute Gasteiger partial charge is 0.497 e. The van der Waals surface area contributed by atoms with Crippen molar-refractivity contribution in [3.8, 4) is 5.75 Å². The highest BCUT2D eigenvalue weighted by Crippen LogP contribution is 2.27. The SMILES string of the molecule is COc1ccc(C(NCC(O)c2ccccc2)c2cccc([N+](=O)[O-])c2)cc1. The zero-order valence-electron chi connectivity index (χ0n) is 15.5. The molecule has 0 fully saturated rings. The number of methoxy groups -OCH3 is 1. The monoisotopic (exact) mass is 378 g/mol. The normalized spacial score (nSPS) is 12.9. The Balaban J connectivity index is 1.87. The van der Waals surface area contributed by atoms with Crippen LogP contribution in [0.3, 0.4) is 0 Å². The molecule has 0 aromatic heterocycles. The molecule has 0 radical (unpaired) electrons. The van der Waals surface area contributed by atoms with Gasteiger partial charge < -0.3 is 15.2 Å². The number of aliphatic hydroxyl groups is 1. The van der Waals surface area contributed by atoms with E-state index >= 15 is 0 Å². The third kappa shape index (κ3) is 4.73. The molecule has 0 aliphatic carbocycles. The number of nitro groups is 1. The molecule has 2 atom stereocenters. The molecule has 144 valence electrons. The fraction of sp³-hybridized carbons (Fsp3) is 0.182. The van der Waals surface area contributed by atoms with Crippen molar-refractivity contribution in [2.75, 3.05) is 13.7 Å². The number of non-ortho nitro benzene ring substituents is 1. The Morgan fingerprint density at radius 2 is 1.64 bits per heavy atom. The molecule has 0 heterocycles. The van der Waals surface area contributed by atoms with Crippen LogP contribution in [-0.2, 0) is 0 Å². The van der Waals surface area contributed by atoms with Crippen molar-refractivity contribution in [1.82, 2.24) is 5.32 Å². The highest BCUT2D eigenvalue weighted by molar-refractivity contribution is 5.41. The maximum atomic E-state index is 11.2. The molecule has 0 amide bonds. The smallest absolute Gasteiger partial charge is 0.269 e. The Bertz CT molecular complexity index is 913. The van der Waals surface area contributed by atoms with Gasteiger partial charge in [-0.05, 0) is 28.8 Å². The molecular formula is C22H22N2O4. The molecule has 3 aromatic rings. The molecule has 3 aromatic carbocycles. The summed E-state index contributed by atoms with van der Waals surface area (Å²) in [6.45, 7) is 0.295. The Morgan fingerprint density at radius 3 is 2.29 bits per heavy atom. The van der Waals surface area contributed by atoms with Crippen LogP contribution in [0, 0.1) is 10.1 Å². The summed E-state index contributed by atoms with van der Waals surface area (Å²) in [6.07, 6.45) is -0.694. The Morgan fingerprint density at radius 1 is 0.964 bits per heavy atom. The van der Waals surface area contributed by atoms with Crippen molar-refractivity contribution in [3.05, 3.63) is 106 Å². The summed E-state index contributed by atoms with van der Waals surface area (Å²) < 4.78 is 5.21. The van der Waals surface area contributed by atoms with Gasteiger partial charge in [0.2, 0.25) is 0 Å². The van der Waals surface area contributed by atoms with E-state index in [-0.39, 0.29) is 11.7 Å². The minimum atomic E-state index is -0.694. The minimum absolute atomic E-state index is 0.0291. The van der Waals surface area contributed by atoms with Crippen molar-refractivity contribution < 1.29 is 14.8 Å². The number of ether oxygens (including phenoxy) is 1. The van der Waals surface area contributed by atoms with Crippen LogP contribution in [0.25, 0.3) is 0 Å². The van der Waals surface area contributed by atoms with Crippen LogP contribution in [0.5, 0.6) is 5.75 Å². The molecule has 0 aliphatic rings. The van der Waals surface area contributed by atoms with E-state index in [9.17, 15) is 15.2 Å². The predicted octanol–water partition coefficient (Wildman–Crippen LogP) is 4.02. The van der Waals surface area contributed by atoms with Crippen molar-refractivity contribution >= 4 is 5.69 Å². The third-order valence-electron chi connectivity index (χ3n) is 4.56. The molecular weight excluding hydrogens is 356 g/mol. The first-order valence-corrected chi connectivity index (χ1v) is 8.93. The number of aliphatic hydroxyl groups excluding tert-OH is 1. The Labute approximate surface area is 163 Å².